The van der Waals surface area contributed by atoms with E-state index in [1.807, 2.05) is 0 Å². The monoisotopic (exact) mass is 179 g/mol. The summed E-state index contributed by atoms with van der Waals surface area (Å²) in [6.45, 7) is 0.337. The highest BCUT2D eigenvalue weighted by atomic mass is 32.2. The lowest BCUT2D eigenvalue weighted by molar-refractivity contribution is 0.134. The lowest BCUT2D eigenvalue weighted by atomic mass is 10.2. The van der Waals surface area contributed by atoms with Crippen molar-refractivity contribution in [1.82, 2.24) is 0 Å². The SMILES string of the molecule is NOCCC1CCCS1(=O)=O. The van der Waals surface area contributed by atoms with Crippen LogP contribution in [0.5, 0.6) is 0 Å². The molecule has 1 heterocycles. The highest BCUT2D eigenvalue weighted by molar-refractivity contribution is 7.92. The molecule has 0 spiro atoms. The molecule has 1 fully saturated rings. The van der Waals surface area contributed by atoms with Crippen molar-refractivity contribution in [2.24, 2.45) is 5.90 Å². The Bertz CT molecular complexity index is 212. The molecule has 66 valence electrons. The lowest BCUT2D eigenvalue weighted by Crippen LogP contribution is -2.18. The number of hydrogen-bond donors (Lipinski definition) is 1. The second kappa shape index (κ2) is 3.51. The van der Waals surface area contributed by atoms with E-state index in [1.165, 1.54) is 0 Å². The van der Waals surface area contributed by atoms with Gasteiger partial charge in [-0.2, -0.15) is 0 Å². The molecule has 1 saturated heterocycles. The van der Waals surface area contributed by atoms with Crippen molar-refractivity contribution in [3.8, 4) is 0 Å². The standard InChI is InChI=1S/C6H13NO3S/c7-10-4-3-6-2-1-5-11(6,8)9/h6H,1-5,7H2. The average molecular weight is 179 g/mol. The minimum atomic E-state index is -2.79. The average Bonchev–Trinajstić information content (AvgIpc) is 2.25. The molecule has 1 aliphatic heterocycles. The molecule has 0 saturated carbocycles. The predicted octanol–water partition coefficient (Wildman–Crippen LogP) is -0.156. The van der Waals surface area contributed by atoms with Gasteiger partial charge in [0.25, 0.3) is 0 Å². The molecule has 11 heavy (non-hydrogen) atoms. The van der Waals surface area contributed by atoms with Gasteiger partial charge < -0.3 is 4.84 Å². The molecule has 0 radical (unpaired) electrons. The normalized spacial score (nSPS) is 29.0. The maximum absolute atomic E-state index is 11.2. The van der Waals surface area contributed by atoms with E-state index in [-0.39, 0.29) is 5.25 Å². The maximum atomic E-state index is 11.2. The van der Waals surface area contributed by atoms with Crippen molar-refractivity contribution in [1.29, 1.82) is 0 Å². The largest absolute Gasteiger partial charge is 0.305 e. The summed E-state index contributed by atoms with van der Waals surface area (Å²) in [6, 6.07) is 0. The van der Waals surface area contributed by atoms with Gasteiger partial charge in [0.05, 0.1) is 17.6 Å². The molecule has 5 heteroatoms. The molecule has 1 aliphatic rings. The zero-order valence-electron chi connectivity index (χ0n) is 6.32. The molecule has 0 aromatic rings. The quantitative estimate of drug-likeness (QED) is 0.611. The Kier molecular flexibility index (Phi) is 2.86. The summed E-state index contributed by atoms with van der Waals surface area (Å²) in [5.41, 5.74) is 0. The summed E-state index contributed by atoms with van der Waals surface area (Å²) < 4.78 is 22.3. The van der Waals surface area contributed by atoms with Crippen molar-refractivity contribution in [3.05, 3.63) is 0 Å². The van der Waals surface area contributed by atoms with Gasteiger partial charge in [0.1, 0.15) is 0 Å². The van der Waals surface area contributed by atoms with Crippen LogP contribution in [-0.2, 0) is 14.7 Å². The highest BCUT2D eigenvalue weighted by Gasteiger charge is 2.30. The van der Waals surface area contributed by atoms with Crippen LogP contribution in [0.3, 0.4) is 0 Å². The molecule has 0 bridgehead atoms. The van der Waals surface area contributed by atoms with Crippen LogP contribution in [-0.4, -0.2) is 26.0 Å². The summed E-state index contributed by atoms with van der Waals surface area (Å²) >= 11 is 0. The van der Waals surface area contributed by atoms with Crippen LogP contribution in [0.25, 0.3) is 0 Å². The fourth-order valence-corrected chi connectivity index (χ4v) is 3.27. The van der Waals surface area contributed by atoms with Crippen molar-refractivity contribution in [2.45, 2.75) is 24.5 Å². The van der Waals surface area contributed by atoms with Crippen molar-refractivity contribution in [2.75, 3.05) is 12.4 Å². The lowest BCUT2D eigenvalue weighted by Gasteiger charge is -2.06. The first-order chi connectivity index (χ1) is 5.17. The van der Waals surface area contributed by atoms with E-state index in [4.69, 9.17) is 5.90 Å². The molecule has 2 N–H and O–H groups in total. The van der Waals surface area contributed by atoms with E-state index in [2.05, 4.69) is 4.84 Å². The van der Waals surface area contributed by atoms with Crippen LogP contribution < -0.4 is 5.90 Å². The van der Waals surface area contributed by atoms with Crippen molar-refractivity contribution >= 4 is 9.84 Å². The molecule has 0 aromatic heterocycles. The molecule has 1 unspecified atom stereocenters. The second-order valence-corrected chi connectivity index (χ2v) is 5.19. The molecular formula is C6H13NO3S. The summed E-state index contributed by atoms with van der Waals surface area (Å²) in [6.07, 6.45) is 2.10. The smallest absolute Gasteiger partial charge is 0.153 e. The second-order valence-electron chi connectivity index (χ2n) is 2.79. The van der Waals surface area contributed by atoms with Crippen LogP contribution in [0.1, 0.15) is 19.3 Å². The van der Waals surface area contributed by atoms with Crippen LogP contribution in [0.2, 0.25) is 0 Å². The fraction of sp³-hybridized carbons (Fsp3) is 1.00. The summed E-state index contributed by atoms with van der Waals surface area (Å²) in [5.74, 6) is 5.14. The Labute approximate surface area is 66.6 Å². The first-order valence-corrected chi connectivity index (χ1v) is 5.41. The van der Waals surface area contributed by atoms with Gasteiger partial charge in [-0.3, -0.25) is 0 Å². The Hall–Kier alpha value is -0.130. The van der Waals surface area contributed by atoms with Gasteiger partial charge >= 0.3 is 0 Å². The topological polar surface area (TPSA) is 69.4 Å². The van der Waals surface area contributed by atoms with Gasteiger partial charge in [0, 0.05) is 0 Å². The first kappa shape index (κ1) is 8.96. The third-order valence-electron chi connectivity index (χ3n) is 2.02. The van der Waals surface area contributed by atoms with E-state index >= 15 is 0 Å². The fourth-order valence-electron chi connectivity index (χ4n) is 1.38. The van der Waals surface area contributed by atoms with Gasteiger partial charge in [0.2, 0.25) is 0 Å². The third kappa shape index (κ3) is 2.15. The molecule has 0 aromatic carbocycles. The van der Waals surface area contributed by atoms with Gasteiger partial charge in [-0.25, -0.2) is 14.3 Å². The molecule has 0 aliphatic carbocycles. The van der Waals surface area contributed by atoms with Gasteiger partial charge in [0.15, 0.2) is 9.84 Å². The molecule has 1 rings (SSSR count). The van der Waals surface area contributed by atoms with Gasteiger partial charge in [-0.15, -0.1) is 0 Å². The molecule has 4 nitrogen and oxygen atoms in total. The summed E-state index contributed by atoms with van der Waals surface area (Å²) in [4.78, 5) is 4.33. The number of nitrogens with two attached hydrogens (primary N) is 1. The molecular weight excluding hydrogens is 166 g/mol. The van der Waals surface area contributed by atoms with E-state index < -0.39 is 9.84 Å². The van der Waals surface area contributed by atoms with Gasteiger partial charge in [-0.05, 0) is 19.3 Å². The van der Waals surface area contributed by atoms with E-state index in [0.29, 0.717) is 18.8 Å². The Balaban J connectivity index is 2.45. The minimum absolute atomic E-state index is 0.203. The maximum Gasteiger partial charge on any atom is 0.153 e. The summed E-state index contributed by atoms with van der Waals surface area (Å²) in [5, 5.41) is -0.203. The number of hydrogen-bond acceptors (Lipinski definition) is 4. The van der Waals surface area contributed by atoms with E-state index in [0.717, 1.165) is 12.8 Å². The zero-order valence-corrected chi connectivity index (χ0v) is 7.14. The summed E-state index contributed by atoms with van der Waals surface area (Å²) in [7, 11) is -2.79. The highest BCUT2D eigenvalue weighted by Crippen LogP contribution is 2.22. The van der Waals surface area contributed by atoms with Crippen LogP contribution in [0.4, 0.5) is 0 Å². The van der Waals surface area contributed by atoms with Crippen LogP contribution in [0, 0.1) is 0 Å². The van der Waals surface area contributed by atoms with E-state index in [1.54, 1.807) is 0 Å². The predicted molar refractivity (Wildman–Crippen MR) is 41.6 cm³/mol. The van der Waals surface area contributed by atoms with Crippen LogP contribution >= 0.6 is 0 Å². The third-order valence-corrected chi connectivity index (χ3v) is 4.37. The van der Waals surface area contributed by atoms with Crippen LogP contribution in [0.15, 0.2) is 0 Å². The first-order valence-electron chi connectivity index (χ1n) is 3.70. The Morgan fingerprint density at radius 3 is 2.73 bits per heavy atom. The van der Waals surface area contributed by atoms with Gasteiger partial charge in [-0.1, -0.05) is 0 Å². The van der Waals surface area contributed by atoms with Crippen molar-refractivity contribution < 1.29 is 13.3 Å². The van der Waals surface area contributed by atoms with Crippen molar-refractivity contribution in [3.63, 3.8) is 0 Å². The minimum Gasteiger partial charge on any atom is -0.305 e. The number of sulfone groups is 1. The zero-order chi connectivity index (χ0) is 8.32. The molecule has 1 atom stereocenters. The van der Waals surface area contributed by atoms with E-state index in [9.17, 15) is 8.42 Å². The molecule has 0 amide bonds. The Morgan fingerprint density at radius 2 is 2.27 bits per heavy atom. The Morgan fingerprint density at radius 1 is 1.55 bits per heavy atom. The number of rotatable bonds is 3.